The van der Waals surface area contributed by atoms with Gasteiger partial charge in [0.2, 0.25) is 0 Å². The summed E-state index contributed by atoms with van der Waals surface area (Å²) in [5, 5.41) is 3.47. The number of hydrogen-bond acceptors (Lipinski definition) is 2. The van der Waals surface area contributed by atoms with E-state index in [0.717, 1.165) is 19.7 Å². The summed E-state index contributed by atoms with van der Waals surface area (Å²) in [6.07, 6.45) is 2.86. The first-order valence-electron chi connectivity index (χ1n) is 6.67. The minimum absolute atomic E-state index is 0.435. The van der Waals surface area contributed by atoms with Gasteiger partial charge in [0, 0.05) is 19.7 Å². The van der Waals surface area contributed by atoms with Crippen LogP contribution in [0.25, 0.3) is 0 Å². The van der Waals surface area contributed by atoms with E-state index in [9.17, 15) is 0 Å². The fraction of sp³-hybridized carbons (Fsp3) is 0.600. The molecule has 17 heavy (non-hydrogen) atoms. The molecule has 0 amide bonds. The third-order valence-electron chi connectivity index (χ3n) is 3.37. The molecule has 2 nitrogen and oxygen atoms in total. The number of rotatable bonds is 5. The molecule has 0 aromatic heterocycles. The summed E-state index contributed by atoms with van der Waals surface area (Å²) in [5.74, 6) is 0.615. The highest BCUT2D eigenvalue weighted by Gasteiger charge is 2.14. The predicted molar refractivity (Wildman–Crippen MR) is 71.2 cm³/mol. The molecule has 0 unspecified atom stereocenters. The minimum Gasteiger partial charge on any atom is -0.377 e. The van der Waals surface area contributed by atoms with E-state index in [1.807, 2.05) is 0 Å². The standard InChI is InChI=1S/C15H23NO/c1-12(2)14-7-5-13(6-8-14)10-16-11-15-4-3-9-17-15/h5-8,12,15-16H,3-4,9-11H2,1-2H3/t15-/m0/s1. The molecule has 2 rings (SSSR count). The smallest absolute Gasteiger partial charge is 0.0700 e. The molecule has 1 aromatic rings. The van der Waals surface area contributed by atoms with Crippen LogP contribution in [0, 0.1) is 0 Å². The van der Waals surface area contributed by atoms with Gasteiger partial charge in [-0.1, -0.05) is 38.1 Å². The number of benzene rings is 1. The zero-order valence-corrected chi connectivity index (χ0v) is 10.9. The van der Waals surface area contributed by atoms with Crippen LogP contribution < -0.4 is 5.32 Å². The topological polar surface area (TPSA) is 21.3 Å². The van der Waals surface area contributed by atoms with Gasteiger partial charge >= 0.3 is 0 Å². The summed E-state index contributed by atoms with van der Waals surface area (Å²) in [6, 6.07) is 8.90. The number of ether oxygens (including phenoxy) is 1. The maximum atomic E-state index is 5.58. The average Bonchev–Trinajstić information content (AvgIpc) is 2.83. The summed E-state index contributed by atoms with van der Waals surface area (Å²) >= 11 is 0. The Morgan fingerprint density at radius 1 is 1.29 bits per heavy atom. The number of hydrogen-bond donors (Lipinski definition) is 1. The molecule has 1 atom stereocenters. The third kappa shape index (κ3) is 3.83. The lowest BCUT2D eigenvalue weighted by atomic mass is 10.0. The largest absolute Gasteiger partial charge is 0.377 e. The normalized spacial score (nSPS) is 20.1. The van der Waals surface area contributed by atoms with Crippen LogP contribution in [0.2, 0.25) is 0 Å². The van der Waals surface area contributed by atoms with Crippen molar-refractivity contribution in [1.29, 1.82) is 0 Å². The van der Waals surface area contributed by atoms with Crippen molar-refractivity contribution in [2.24, 2.45) is 0 Å². The molecule has 0 saturated carbocycles. The average molecular weight is 233 g/mol. The Morgan fingerprint density at radius 3 is 2.65 bits per heavy atom. The first-order valence-corrected chi connectivity index (χ1v) is 6.67. The first-order chi connectivity index (χ1) is 8.25. The summed E-state index contributed by atoms with van der Waals surface area (Å²) < 4.78 is 5.58. The molecule has 1 heterocycles. The molecule has 0 bridgehead atoms. The minimum atomic E-state index is 0.435. The van der Waals surface area contributed by atoms with E-state index in [2.05, 4.69) is 43.4 Å². The van der Waals surface area contributed by atoms with Crippen molar-refractivity contribution in [2.45, 2.75) is 45.3 Å². The molecule has 0 aliphatic carbocycles. The van der Waals surface area contributed by atoms with E-state index in [0.29, 0.717) is 12.0 Å². The summed E-state index contributed by atoms with van der Waals surface area (Å²) in [6.45, 7) is 7.31. The zero-order valence-electron chi connectivity index (χ0n) is 10.9. The Kier molecular flexibility index (Phi) is 4.57. The lowest BCUT2D eigenvalue weighted by Gasteiger charge is -2.11. The maximum absolute atomic E-state index is 5.58. The van der Waals surface area contributed by atoms with Gasteiger partial charge in [0.1, 0.15) is 0 Å². The molecule has 1 aliphatic heterocycles. The van der Waals surface area contributed by atoms with Crippen LogP contribution in [0.4, 0.5) is 0 Å². The molecular formula is C15H23NO. The molecule has 1 fully saturated rings. The van der Waals surface area contributed by atoms with Crippen molar-refractivity contribution in [2.75, 3.05) is 13.2 Å². The molecule has 0 radical (unpaired) electrons. The monoisotopic (exact) mass is 233 g/mol. The van der Waals surface area contributed by atoms with Gasteiger partial charge in [-0.15, -0.1) is 0 Å². The van der Waals surface area contributed by atoms with E-state index in [4.69, 9.17) is 4.74 Å². The third-order valence-corrected chi connectivity index (χ3v) is 3.37. The van der Waals surface area contributed by atoms with Gasteiger partial charge < -0.3 is 10.1 Å². The second-order valence-electron chi connectivity index (χ2n) is 5.16. The van der Waals surface area contributed by atoms with Crippen molar-refractivity contribution in [3.05, 3.63) is 35.4 Å². The van der Waals surface area contributed by atoms with E-state index in [-0.39, 0.29) is 0 Å². The second-order valence-corrected chi connectivity index (χ2v) is 5.16. The molecule has 94 valence electrons. The van der Waals surface area contributed by atoms with Gasteiger partial charge in [0.25, 0.3) is 0 Å². The van der Waals surface area contributed by atoms with Crippen LogP contribution in [0.5, 0.6) is 0 Å². The fourth-order valence-corrected chi connectivity index (χ4v) is 2.20. The molecule has 1 aromatic carbocycles. The Labute approximate surface area is 104 Å². The summed E-state index contributed by atoms with van der Waals surface area (Å²) in [5.41, 5.74) is 2.76. The van der Waals surface area contributed by atoms with E-state index in [1.54, 1.807) is 0 Å². The summed E-state index contributed by atoms with van der Waals surface area (Å²) in [4.78, 5) is 0. The first kappa shape index (κ1) is 12.6. The van der Waals surface area contributed by atoms with Gasteiger partial charge in [-0.2, -0.15) is 0 Å². The van der Waals surface area contributed by atoms with Crippen molar-refractivity contribution < 1.29 is 4.74 Å². The lowest BCUT2D eigenvalue weighted by molar-refractivity contribution is 0.110. The molecule has 1 N–H and O–H groups in total. The second kappa shape index (κ2) is 6.18. The highest BCUT2D eigenvalue weighted by atomic mass is 16.5. The Morgan fingerprint density at radius 2 is 2.06 bits per heavy atom. The molecule has 0 spiro atoms. The molecule has 1 aliphatic rings. The maximum Gasteiger partial charge on any atom is 0.0700 e. The fourth-order valence-electron chi connectivity index (χ4n) is 2.20. The highest BCUT2D eigenvalue weighted by molar-refractivity contribution is 5.24. The highest BCUT2D eigenvalue weighted by Crippen LogP contribution is 2.15. The van der Waals surface area contributed by atoms with E-state index >= 15 is 0 Å². The Bertz CT molecular complexity index is 325. The van der Waals surface area contributed by atoms with Crippen LogP contribution in [-0.2, 0) is 11.3 Å². The SMILES string of the molecule is CC(C)c1ccc(CNC[C@@H]2CCCO2)cc1. The van der Waals surface area contributed by atoms with Crippen molar-refractivity contribution in [1.82, 2.24) is 5.32 Å². The van der Waals surface area contributed by atoms with Crippen LogP contribution in [0.15, 0.2) is 24.3 Å². The van der Waals surface area contributed by atoms with Crippen molar-refractivity contribution in [3.63, 3.8) is 0 Å². The quantitative estimate of drug-likeness (QED) is 0.844. The summed E-state index contributed by atoms with van der Waals surface area (Å²) in [7, 11) is 0. The zero-order chi connectivity index (χ0) is 12.1. The number of nitrogens with one attached hydrogen (secondary N) is 1. The molecular weight excluding hydrogens is 210 g/mol. The predicted octanol–water partition coefficient (Wildman–Crippen LogP) is 3.08. The van der Waals surface area contributed by atoms with Gasteiger partial charge in [-0.3, -0.25) is 0 Å². The lowest BCUT2D eigenvalue weighted by Crippen LogP contribution is -2.25. The molecule has 1 saturated heterocycles. The van der Waals surface area contributed by atoms with Gasteiger partial charge in [0.05, 0.1) is 6.10 Å². The van der Waals surface area contributed by atoms with Crippen molar-refractivity contribution in [3.8, 4) is 0 Å². The Hall–Kier alpha value is -0.860. The van der Waals surface area contributed by atoms with E-state index < -0.39 is 0 Å². The van der Waals surface area contributed by atoms with Crippen molar-refractivity contribution >= 4 is 0 Å². The Balaban J connectivity index is 1.74. The van der Waals surface area contributed by atoms with Gasteiger partial charge in [-0.05, 0) is 29.9 Å². The van der Waals surface area contributed by atoms with E-state index in [1.165, 1.54) is 24.0 Å². The van der Waals surface area contributed by atoms with Crippen LogP contribution >= 0.6 is 0 Å². The van der Waals surface area contributed by atoms with Gasteiger partial charge in [0.15, 0.2) is 0 Å². The van der Waals surface area contributed by atoms with Gasteiger partial charge in [-0.25, -0.2) is 0 Å². The van der Waals surface area contributed by atoms with Crippen LogP contribution in [-0.4, -0.2) is 19.3 Å². The molecule has 2 heteroatoms. The van der Waals surface area contributed by atoms with Crippen LogP contribution in [0.1, 0.15) is 43.7 Å². The van der Waals surface area contributed by atoms with Crippen LogP contribution in [0.3, 0.4) is 0 Å².